The van der Waals surface area contributed by atoms with Gasteiger partial charge in [-0.3, -0.25) is 14.7 Å². The number of carbonyl (C=O) groups excluding carboxylic acids is 2. The van der Waals surface area contributed by atoms with Crippen molar-refractivity contribution < 1.29 is 9.59 Å². The van der Waals surface area contributed by atoms with Gasteiger partial charge in [0.25, 0.3) is 5.91 Å². The van der Waals surface area contributed by atoms with E-state index in [1.807, 2.05) is 0 Å². The Morgan fingerprint density at radius 2 is 2.00 bits per heavy atom. The first-order valence-electron chi connectivity index (χ1n) is 8.24. The maximum Gasteiger partial charge on any atom is 0.272 e. The fraction of sp³-hybridized carbons (Fsp3) is 0.353. The van der Waals surface area contributed by atoms with E-state index in [-0.39, 0.29) is 24.2 Å². The highest BCUT2D eigenvalue weighted by molar-refractivity contribution is 6.30. The van der Waals surface area contributed by atoms with E-state index in [2.05, 4.69) is 26.1 Å². The largest absolute Gasteiger partial charge is 0.351 e. The lowest BCUT2D eigenvalue weighted by atomic mass is 10.1. The third kappa shape index (κ3) is 5.20. The lowest BCUT2D eigenvalue weighted by Gasteiger charge is -2.12. The highest BCUT2D eigenvalue weighted by atomic mass is 35.5. The van der Waals surface area contributed by atoms with Crippen LogP contribution in [0.4, 0.5) is 5.69 Å². The number of rotatable bonds is 6. The SMILES string of the molecule is Cl.O=C(CCCNC(=O)c1n[nH]c2c1CNCC2)Nc1ccc(Cl)cc1. The Labute approximate surface area is 162 Å². The van der Waals surface area contributed by atoms with Gasteiger partial charge < -0.3 is 16.0 Å². The van der Waals surface area contributed by atoms with E-state index in [1.165, 1.54) is 0 Å². The summed E-state index contributed by atoms with van der Waals surface area (Å²) in [6, 6.07) is 6.93. The van der Waals surface area contributed by atoms with E-state index in [0.29, 0.717) is 42.3 Å². The van der Waals surface area contributed by atoms with Crippen LogP contribution in [0, 0.1) is 0 Å². The molecule has 3 rings (SSSR count). The number of amides is 2. The van der Waals surface area contributed by atoms with E-state index >= 15 is 0 Å². The summed E-state index contributed by atoms with van der Waals surface area (Å²) in [5.41, 5.74) is 3.09. The number of anilines is 1. The average Bonchev–Trinajstić information content (AvgIpc) is 3.05. The van der Waals surface area contributed by atoms with Crippen molar-refractivity contribution in [2.75, 3.05) is 18.4 Å². The molecule has 0 unspecified atom stereocenters. The van der Waals surface area contributed by atoms with Gasteiger partial charge in [0, 0.05) is 54.4 Å². The predicted molar refractivity (Wildman–Crippen MR) is 103 cm³/mol. The van der Waals surface area contributed by atoms with Crippen LogP contribution in [0.15, 0.2) is 24.3 Å². The number of hydrogen-bond donors (Lipinski definition) is 4. The molecule has 0 bridgehead atoms. The number of nitrogens with zero attached hydrogens (tertiary/aromatic N) is 1. The molecule has 0 saturated carbocycles. The van der Waals surface area contributed by atoms with Crippen LogP contribution in [-0.2, 0) is 17.8 Å². The second kappa shape index (κ2) is 9.56. The summed E-state index contributed by atoms with van der Waals surface area (Å²) in [6.45, 7) is 1.96. The van der Waals surface area contributed by atoms with Crippen LogP contribution in [0.1, 0.15) is 34.6 Å². The molecule has 26 heavy (non-hydrogen) atoms. The summed E-state index contributed by atoms with van der Waals surface area (Å²) >= 11 is 5.80. The van der Waals surface area contributed by atoms with Gasteiger partial charge in [-0.15, -0.1) is 12.4 Å². The molecule has 0 fully saturated rings. The van der Waals surface area contributed by atoms with Crippen molar-refractivity contribution in [3.8, 4) is 0 Å². The van der Waals surface area contributed by atoms with Gasteiger partial charge in [0.05, 0.1) is 0 Å². The summed E-state index contributed by atoms with van der Waals surface area (Å²) < 4.78 is 0. The third-order valence-corrected chi connectivity index (χ3v) is 4.27. The van der Waals surface area contributed by atoms with Crippen LogP contribution in [0.25, 0.3) is 0 Å². The van der Waals surface area contributed by atoms with Gasteiger partial charge in [-0.25, -0.2) is 0 Å². The molecule has 0 saturated heterocycles. The maximum absolute atomic E-state index is 12.2. The highest BCUT2D eigenvalue weighted by Crippen LogP contribution is 2.15. The molecule has 0 atom stereocenters. The number of fused-ring (bicyclic) bond motifs is 1. The molecule has 1 aromatic carbocycles. The molecular weight excluding hydrogens is 377 g/mol. The minimum Gasteiger partial charge on any atom is -0.351 e. The van der Waals surface area contributed by atoms with E-state index in [0.717, 1.165) is 24.2 Å². The van der Waals surface area contributed by atoms with Crippen molar-refractivity contribution in [1.82, 2.24) is 20.8 Å². The first kappa shape index (κ1) is 20.2. The third-order valence-electron chi connectivity index (χ3n) is 4.02. The summed E-state index contributed by atoms with van der Waals surface area (Å²) in [4.78, 5) is 24.1. The Balaban J connectivity index is 0.00000243. The molecule has 1 aliphatic heterocycles. The van der Waals surface area contributed by atoms with Crippen molar-refractivity contribution in [3.05, 3.63) is 46.2 Å². The van der Waals surface area contributed by atoms with Crippen molar-refractivity contribution >= 4 is 41.5 Å². The lowest BCUT2D eigenvalue weighted by molar-refractivity contribution is -0.116. The number of nitrogens with one attached hydrogen (secondary N) is 4. The summed E-state index contributed by atoms with van der Waals surface area (Å²) in [7, 11) is 0. The Hall–Kier alpha value is -2.09. The quantitative estimate of drug-likeness (QED) is 0.561. The summed E-state index contributed by atoms with van der Waals surface area (Å²) in [6.07, 6.45) is 1.72. The van der Waals surface area contributed by atoms with Gasteiger partial charge in [-0.2, -0.15) is 5.10 Å². The Morgan fingerprint density at radius 3 is 2.77 bits per heavy atom. The molecule has 2 amide bonds. The maximum atomic E-state index is 12.2. The normalized spacial score (nSPS) is 12.7. The molecule has 140 valence electrons. The zero-order valence-corrected chi connectivity index (χ0v) is 15.7. The van der Waals surface area contributed by atoms with Gasteiger partial charge in [0.2, 0.25) is 5.91 Å². The number of hydrogen-bond acceptors (Lipinski definition) is 4. The molecular formula is C17H21Cl2N5O2. The average molecular weight is 398 g/mol. The van der Waals surface area contributed by atoms with E-state index in [4.69, 9.17) is 11.6 Å². The van der Waals surface area contributed by atoms with Crippen LogP contribution in [0.5, 0.6) is 0 Å². The van der Waals surface area contributed by atoms with Gasteiger partial charge >= 0.3 is 0 Å². The standard InChI is InChI=1S/C17H20ClN5O2.ClH/c18-11-3-5-12(6-4-11)21-15(24)2-1-8-20-17(25)16-13-10-19-9-7-14(13)22-23-16;/h3-6,19H,1-2,7-10H2,(H,20,25)(H,21,24)(H,22,23);1H. The van der Waals surface area contributed by atoms with E-state index in [1.54, 1.807) is 24.3 Å². The smallest absolute Gasteiger partial charge is 0.272 e. The second-order valence-corrected chi connectivity index (χ2v) is 6.31. The molecule has 2 heterocycles. The molecule has 0 radical (unpaired) electrons. The van der Waals surface area contributed by atoms with E-state index < -0.39 is 0 Å². The zero-order valence-electron chi connectivity index (χ0n) is 14.1. The summed E-state index contributed by atoms with van der Waals surface area (Å²) in [5.74, 6) is -0.308. The first-order valence-corrected chi connectivity index (χ1v) is 8.62. The molecule has 0 aliphatic carbocycles. The van der Waals surface area contributed by atoms with Crippen LogP contribution in [0.2, 0.25) is 5.02 Å². The number of H-pyrrole nitrogens is 1. The molecule has 0 spiro atoms. The van der Waals surface area contributed by atoms with E-state index in [9.17, 15) is 9.59 Å². The molecule has 1 aromatic heterocycles. The predicted octanol–water partition coefficient (Wildman–Crippen LogP) is 2.28. The Kier molecular flexibility index (Phi) is 7.44. The Bertz CT molecular complexity index is 761. The molecule has 9 heteroatoms. The van der Waals surface area contributed by atoms with Crippen molar-refractivity contribution in [1.29, 1.82) is 0 Å². The number of halogens is 2. The van der Waals surface area contributed by atoms with Crippen LogP contribution < -0.4 is 16.0 Å². The van der Waals surface area contributed by atoms with Crippen LogP contribution in [-0.4, -0.2) is 35.1 Å². The minimum absolute atomic E-state index is 0. The topological polar surface area (TPSA) is 98.9 Å². The van der Waals surface area contributed by atoms with Gasteiger partial charge in [0.15, 0.2) is 5.69 Å². The Morgan fingerprint density at radius 1 is 1.23 bits per heavy atom. The van der Waals surface area contributed by atoms with Gasteiger partial charge in [0.1, 0.15) is 0 Å². The summed E-state index contributed by atoms with van der Waals surface area (Å²) in [5, 5.41) is 16.5. The molecule has 1 aliphatic rings. The van der Waals surface area contributed by atoms with Crippen LogP contribution >= 0.6 is 24.0 Å². The molecule has 2 aromatic rings. The molecule has 7 nitrogen and oxygen atoms in total. The number of aromatic nitrogens is 2. The number of aromatic amines is 1. The fourth-order valence-corrected chi connectivity index (χ4v) is 2.83. The first-order chi connectivity index (χ1) is 12.1. The fourth-order valence-electron chi connectivity index (χ4n) is 2.70. The van der Waals surface area contributed by atoms with Crippen LogP contribution in [0.3, 0.4) is 0 Å². The monoisotopic (exact) mass is 397 g/mol. The zero-order chi connectivity index (χ0) is 17.6. The highest BCUT2D eigenvalue weighted by Gasteiger charge is 2.21. The van der Waals surface area contributed by atoms with Gasteiger partial charge in [-0.05, 0) is 30.7 Å². The number of benzene rings is 1. The molecule has 4 N–H and O–H groups in total. The van der Waals surface area contributed by atoms with Gasteiger partial charge in [-0.1, -0.05) is 11.6 Å². The van der Waals surface area contributed by atoms with Crippen molar-refractivity contribution in [3.63, 3.8) is 0 Å². The minimum atomic E-state index is -0.209. The lowest BCUT2D eigenvalue weighted by Crippen LogP contribution is -2.29. The van der Waals surface area contributed by atoms with Crippen molar-refractivity contribution in [2.24, 2.45) is 0 Å². The van der Waals surface area contributed by atoms with Crippen molar-refractivity contribution in [2.45, 2.75) is 25.8 Å². The second-order valence-electron chi connectivity index (χ2n) is 5.87. The number of carbonyl (C=O) groups is 2.